The first kappa shape index (κ1) is 21.4. The van der Waals surface area contributed by atoms with Crippen molar-refractivity contribution in [2.45, 2.75) is 45.6 Å². The largest absolute Gasteiger partial charge is 0.445 e. The van der Waals surface area contributed by atoms with Gasteiger partial charge in [0.2, 0.25) is 5.91 Å². The molecule has 5 nitrogen and oxygen atoms in total. The van der Waals surface area contributed by atoms with Crippen molar-refractivity contribution in [3.05, 3.63) is 65.7 Å². The topological polar surface area (TPSA) is 49.9 Å². The summed E-state index contributed by atoms with van der Waals surface area (Å²) in [5.41, 5.74) is 3.11. The van der Waals surface area contributed by atoms with Gasteiger partial charge in [0.25, 0.3) is 0 Å². The molecule has 0 aromatic heterocycles. The van der Waals surface area contributed by atoms with Crippen molar-refractivity contribution in [1.29, 1.82) is 0 Å². The van der Waals surface area contributed by atoms with Gasteiger partial charge in [-0.1, -0.05) is 55.0 Å². The summed E-state index contributed by atoms with van der Waals surface area (Å²) in [6.07, 6.45) is 4.81. The first-order valence-corrected chi connectivity index (χ1v) is 11.4. The Balaban J connectivity index is 1.40. The quantitative estimate of drug-likeness (QED) is 0.647. The number of anilines is 1. The molecule has 1 heterocycles. The Labute approximate surface area is 185 Å². The van der Waals surface area contributed by atoms with Crippen LogP contribution in [0.25, 0.3) is 0 Å². The molecular formula is C26H32N2O3. The molecule has 2 aromatic rings. The van der Waals surface area contributed by atoms with E-state index in [1.165, 1.54) is 0 Å². The zero-order chi connectivity index (χ0) is 21.6. The van der Waals surface area contributed by atoms with Crippen LogP contribution in [0.3, 0.4) is 0 Å². The first-order chi connectivity index (χ1) is 15.1. The minimum atomic E-state index is -0.263. The van der Waals surface area contributed by atoms with Gasteiger partial charge in [-0.2, -0.15) is 0 Å². The van der Waals surface area contributed by atoms with Gasteiger partial charge in [0, 0.05) is 31.2 Å². The lowest BCUT2D eigenvalue weighted by atomic mass is 9.83. The number of amides is 2. The molecule has 1 aliphatic carbocycles. The van der Waals surface area contributed by atoms with E-state index in [-0.39, 0.29) is 30.4 Å². The molecule has 5 heteroatoms. The Morgan fingerprint density at radius 2 is 1.74 bits per heavy atom. The van der Waals surface area contributed by atoms with E-state index in [4.69, 9.17) is 4.74 Å². The van der Waals surface area contributed by atoms with Crippen LogP contribution in [0, 0.1) is 18.8 Å². The highest BCUT2D eigenvalue weighted by Gasteiger charge is 2.33. The molecule has 1 saturated carbocycles. The van der Waals surface area contributed by atoms with E-state index < -0.39 is 0 Å². The van der Waals surface area contributed by atoms with Gasteiger partial charge < -0.3 is 14.5 Å². The van der Waals surface area contributed by atoms with Gasteiger partial charge in [-0.15, -0.1) is 0 Å². The summed E-state index contributed by atoms with van der Waals surface area (Å²) < 4.78 is 5.54. The van der Waals surface area contributed by atoms with E-state index in [9.17, 15) is 9.59 Å². The highest BCUT2D eigenvalue weighted by atomic mass is 16.6. The second-order valence-electron chi connectivity index (χ2n) is 8.86. The van der Waals surface area contributed by atoms with Crippen LogP contribution in [0.4, 0.5) is 10.5 Å². The van der Waals surface area contributed by atoms with Gasteiger partial charge in [0.05, 0.1) is 0 Å². The Hall–Kier alpha value is -2.82. The van der Waals surface area contributed by atoms with Crippen LogP contribution in [-0.4, -0.2) is 36.5 Å². The monoisotopic (exact) mass is 420 g/mol. The number of benzene rings is 2. The van der Waals surface area contributed by atoms with Crippen LogP contribution >= 0.6 is 0 Å². The van der Waals surface area contributed by atoms with Gasteiger partial charge in [0.1, 0.15) is 6.61 Å². The fourth-order valence-electron chi connectivity index (χ4n) is 4.50. The second kappa shape index (κ2) is 9.99. The molecule has 2 aliphatic rings. The lowest BCUT2D eigenvalue weighted by molar-refractivity contribution is -0.124. The number of piperidine rings is 1. The smallest absolute Gasteiger partial charge is 0.410 e. The van der Waals surface area contributed by atoms with Crippen molar-refractivity contribution >= 4 is 17.7 Å². The number of hydrogen-bond donors (Lipinski definition) is 0. The minimum Gasteiger partial charge on any atom is -0.445 e. The molecular weight excluding hydrogens is 388 g/mol. The Kier molecular flexibility index (Phi) is 6.90. The zero-order valence-electron chi connectivity index (χ0n) is 18.3. The average molecular weight is 421 g/mol. The number of likely N-dealkylation sites (tertiary alicyclic amines) is 1. The van der Waals surface area contributed by atoms with Crippen LogP contribution in [0.2, 0.25) is 0 Å². The predicted octanol–water partition coefficient (Wildman–Crippen LogP) is 5.18. The van der Waals surface area contributed by atoms with E-state index >= 15 is 0 Å². The van der Waals surface area contributed by atoms with Crippen molar-refractivity contribution < 1.29 is 14.3 Å². The van der Waals surface area contributed by atoms with Gasteiger partial charge in [-0.3, -0.25) is 4.79 Å². The van der Waals surface area contributed by atoms with E-state index in [1.807, 2.05) is 53.4 Å². The number of hydrogen-bond acceptors (Lipinski definition) is 3. The molecule has 164 valence electrons. The lowest BCUT2D eigenvalue weighted by Gasteiger charge is -2.38. The molecule has 0 spiro atoms. The standard InChI is InChI=1S/C26H32N2O3/c1-20-9-5-6-15-24(20)28(25(29)23-13-7-14-23)18-22-12-8-16-27(17-22)26(30)31-19-21-10-3-2-4-11-21/h2-6,9-11,15,22-23H,7-8,12-14,16-19H2,1H3. The third kappa shape index (κ3) is 5.27. The summed E-state index contributed by atoms with van der Waals surface area (Å²) in [4.78, 5) is 29.7. The van der Waals surface area contributed by atoms with E-state index in [1.54, 1.807) is 4.90 Å². The summed E-state index contributed by atoms with van der Waals surface area (Å²) in [7, 11) is 0. The number of aryl methyl sites for hydroxylation is 1. The molecule has 2 amide bonds. The average Bonchev–Trinajstić information content (AvgIpc) is 2.76. The number of nitrogens with zero attached hydrogens (tertiary/aromatic N) is 2. The number of ether oxygens (including phenoxy) is 1. The summed E-state index contributed by atoms with van der Waals surface area (Å²) in [5.74, 6) is 0.640. The van der Waals surface area contributed by atoms with Crippen molar-refractivity contribution in [3.63, 3.8) is 0 Å². The van der Waals surface area contributed by atoms with Gasteiger partial charge in [0.15, 0.2) is 0 Å². The SMILES string of the molecule is Cc1ccccc1N(CC1CCCN(C(=O)OCc2ccccc2)C1)C(=O)C1CCC1. The number of para-hydroxylation sites is 1. The molecule has 0 bridgehead atoms. The van der Waals surface area contributed by atoms with E-state index in [0.29, 0.717) is 19.6 Å². The molecule has 0 N–H and O–H groups in total. The molecule has 4 rings (SSSR count). The van der Waals surface area contributed by atoms with Crippen LogP contribution in [0.5, 0.6) is 0 Å². The Morgan fingerprint density at radius 3 is 2.45 bits per heavy atom. The fourth-order valence-corrected chi connectivity index (χ4v) is 4.50. The Bertz CT molecular complexity index is 895. The molecule has 1 atom stereocenters. The van der Waals surface area contributed by atoms with Crippen LogP contribution < -0.4 is 4.90 Å². The highest BCUT2D eigenvalue weighted by Crippen LogP contribution is 2.32. The molecule has 1 aliphatic heterocycles. The normalized spacial score (nSPS) is 18.9. The van der Waals surface area contributed by atoms with Gasteiger partial charge in [-0.05, 0) is 55.7 Å². The van der Waals surface area contributed by atoms with Gasteiger partial charge in [-0.25, -0.2) is 4.79 Å². The van der Waals surface area contributed by atoms with Crippen molar-refractivity contribution in [2.24, 2.45) is 11.8 Å². The molecule has 31 heavy (non-hydrogen) atoms. The maximum absolute atomic E-state index is 13.2. The summed E-state index contributed by atoms with van der Waals surface area (Å²) >= 11 is 0. The predicted molar refractivity (Wildman–Crippen MR) is 122 cm³/mol. The third-order valence-electron chi connectivity index (χ3n) is 6.55. The first-order valence-electron chi connectivity index (χ1n) is 11.4. The molecule has 1 unspecified atom stereocenters. The molecule has 0 radical (unpaired) electrons. The van der Waals surface area contributed by atoms with E-state index in [2.05, 4.69) is 13.0 Å². The minimum absolute atomic E-state index is 0.148. The second-order valence-corrected chi connectivity index (χ2v) is 8.86. The molecule has 1 saturated heterocycles. The fraction of sp³-hybridized carbons (Fsp3) is 0.462. The number of carbonyl (C=O) groups is 2. The number of carbonyl (C=O) groups excluding carboxylic acids is 2. The number of rotatable bonds is 6. The van der Waals surface area contributed by atoms with Gasteiger partial charge >= 0.3 is 6.09 Å². The zero-order valence-corrected chi connectivity index (χ0v) is 18.3. The van der Waals surface area contributed by atoms with Crippen molar-refractivity contribution in [1.82, 2.24) is 4.90 Å². The van der Waals surface area contributed by atoms with Crippen molar-refractivity contribution in [3.8, 4) is 0 Å². The van der Waals surface area contributed by atoms with Crippen LogP contribution in [-0.2, 0) is 16.1 Å². The summed E-state index contributed by atoms with van der Waals surface area (Å²) in [6, 6.07) is 17.9. The summed E-state index contributed by atoms with van der Waals surface area (Å²) in [6.45, 7) is 4.35. The van der Waals surface area contributed by atoms with E-state index in [0.717, 1.165) is 48.9 Å². The highest BCUT2D eigenvalue weighted by molar-refractivity contribution is 5.96. The van der Waals surface area contributed by atoms with Crippen LogP contribution in [0.1, 0.15) is 43.2 Å². The van der Waals surface area contributed by atoms with Crippen LogP contribution in [0.15, 0.2) is 54.6 Å². The summed E-state index contributed by atoms with van der Waals surface area (Å²) in [5, 5.41) is 0. The van der Waals surface area contributed by atoms with Crippen molar-refractivity contribution in [2.75, 3.05) is 24.5 Å². The Morgan fingerprint density at radius 1 is 1.00 bits per heavy atom. The molecule has 2 fully saturated rings. The lowest BCUT2D eigenvalue weighted by Crippen LogP contribution is -2.47. The molecule has 2 aromatic carbocycles. The third-order valence-corrected chi connectivity index (χ3v) is 6.55. The maximum atomic E-state index is 13.2. The maximum Gasteiger partial charge on any atom is 0.410 e.